The molecule has 0 aliphatic rings. The van der Waals surface area contributed by atoms with Gasteiger partial charge in [-0.15, -0.1) is 0 Å². The van der Waals surface area contributed by atoms with Crippen LogP contribution in [-0.4, -0.2) is 19.2 Å². The molecule has 0 heterocycles. The van der Waals surface area contributed by atoms with E-state index in [1.54, 1.807) is 19.4 Å². The molecule has 4 nitrogen and oxygen atoms in total. The van der Waals surface area contributed by atoms with Gasteiger partial charge in [0, 0.05) is 6.21 Å². The van der Waals surface area contributed by atoms with Crippen molar-refractivity contribution in [3.05, 3.63) is 71.8 Å². The monoisotopic (exact) mass is 294 g/mol. The van der Waals surface area contributed by atoms with Gasteiger partial charge in [0.25, 0.3) is 0 Å². The largest absolute Gasteiger partial charge is 0.497 e. The number of carbonyl (C=O) groups is 1. The van der Waals surface area contributed by atoms with Crippen molar-refractivity contribution < 1.29 is 9.53 Å². The molecule has 0 fully saturated rings. The Morgan fingerprint density at radius 3 is 2.55 bits per heavy atom. The summed E-state index contributed by atoms with van der Waals surface area (Å²) in [5.41, 5.74) is 4.49. The molecule has 4 heteroatoms. The van der Waals surface area contributed by atoms with Gasteiger partial charge in [-0.2, -0.15) is 5.10 Å². The second-order valence-electron chi connectivity index (χ2n) is 4.61. The van der Waals surface area contributed by atoms with Crippen molar-refractivity contribution in [3.8, 4) is 5.75 Å². The van der Waals surface area contributed by atoms with E-state index in [4.69, 9.17) is 4.74 Å². The molecule has 112 valence electrons. The Labute approximate surface area is 130 Å². The van der Waals surface area contributed by atoms with E-state index < -0.39 is 0 Å². The fourth-order valence-electron chi connectivity index (χ4n) is 1.84. The molecule has 2 rings (SSSR count). The molecule has 0 aliphatic carbocycles. The van der Waals surface area contributed by atoms with Crippen molar-refractivity contribution in [1.29, 1.82) is 0 Å². The average molecular weight is 294 g/mol. The number of benzene rings is 2. The van der Waals surface area contributed by atoms with Gasteiger partial charge in [-0.05, 0) is 29.3 Å². The smallest absolute Gasteiger partial charge is 0.244 e. The van der Waals surface area contributed by atoms with Crippen LogP contribution in [0.4, 0.5) is 0 Å². The predicted octanol–water partition coefficient (Wildman–Crippen LogP) is 3.05. The van der Waals surface area contributed by atoms with Crippen LogP contribution < -0.4 is 10.2 Å². The predicted molar refractivity (Wildman–Crippen MR) is 88.8 cm³/mol. The average Bonchev–Trinajstić information content (AvgIpc) is 2.56. The summed E-state index contributed by atoms with van der Waals surface area (Å²) in [4.78, 5) is 11.7. The SMILES string of the molecule is COc1ccc(CC(=O)N/N=C/C=C/c2ccccc2)cc1. The van der Waals surface area contributed by atoms with Crippen LogP contribution >= 0.6 is 0 Å². The zero-order chi connectivity index (χ0) is 15.6. The van der Waals surface area contributed by atoms with Crippen molar-refractivity contribution in [2.24, 2.45) is 5.10 Å². The number of allylic oxidation sites excluding steroid dienone is 1. The minimum Gasteiger partial charge on any atom is -0.497 e. The zero-order valence-corrected chi connectivity index (χ0v) is 12.4. The van der Waals surface area contributed by atoms with E-state index in [1.165, 1.54) is 0 Å². The fraction of sp³-hybridized carbons (Fsp3) is 0.111. The highest BCUT2D eigenvalue weighted by Gasteiger charge is 2.01. The van der Waals surface area contributed by atoms with Crippen molar-refractivity contribution >= 4 is 18.2 Å². The standard InChI is InChI=1S/C18H18N2O2/c1-22-17-11-9-16(10-12-17)14-18(21)20-19-13-5-8-15-6-3-2-4-7-15/h2-13H,14H2,1H3,(H,20,21)/b8-5+,19-13+. The summed E-state index contributed by atoms with van der Waals surface area (Å²) < 4.78 is 5.07. The van der Waals surface area contributed by atoms with Crippen molar-refractivity contribution in [2.75, 3.05) is 7.11 Å². The highest BCUT2D eigenvalue weighted by molar-refractivity contribution is 5.82. The molecular weight excluding hydrogens is 276 g/mol. The first-order valence-corrected chi connectivity index (χ1v) is 6.94. The Balaban J connectivity index is 1.77. The molecule has 0 bridgehead atoms. The molecule has 0 unspecified atom stereocenters. The number of nitrogens with zero attached hydrogens (tertiary/aromatic N) is 1. The first-order valence-electron chi connectivity index (χ1n) is 6.94. The summed E-state index contributed by atoms with van der Waals surface area (Å²) in [5.74, 6) is 0.614. The third-order valence-corrected chi connectivity index (χ3v) is 2.96. The molecule has 2 aromatic carbocycles. The number of carbonyl (C=O) groups excluding carboxylic acids is 1. The van der Waals surface area contributed by atoms with Crippen LogP contribution in [0.5, 0.6) is 5.75 Å². The minimum atomic E-state index is -0.158. The van der Waals surface area contributed by atoms with Crippen LogP contribution in [-0.2, 0) is 11.2 Å². The van der Waals surface area contributed by atoms with E-state index in [0.717, 1.165) is 16.9 Å². The van der Waals surface area contributed by atoms with Gasteiger partial charge in [-0.1, -0.05) is 48.5 Å². The zero-order valence-electron chi connectivity index (χ0n) is 12.4. The number of hydrogen-bond acceptors (Lipinski definition) is 3. The second-order valence-corrected chi connectivity index (χ2v) is 4.61. The van der Waals surface area contributed by atoms with E-state index in [1.807, 2.05) is 60.7 Å². The van der Waals surface area contributed by atoms with Gasteiger partial charge in [0.05, 0.1) is 13.5 Å². The molecule has 1 amide bonds. The van der Waals surface area contributed by atoms with Gasteiger partial charge < -0.3 is 4.74 Å². The Morgan fingerprint density at radius 2 is 1.86 bits per heavy atom. The lowest BCUT2D eigenvalue weighted by molar-refractivity contribution is -0.120. The van der Waals surface area contributed by atoms with Gasteiger partial charge >= 0.3 is 0 Å². The summed E-state index contributed by atoms with van der Waals surface area (Å²) in [6, 6.07) is 17.3. The van der Waals surface area contributed by atoms with Crippen LogP contribution in [0.25, 0.3) is 6.08 Å². The van der Waals surface area contributed by atoms with Crippen molar-refractivity contribution in [1.82, 2.24) is 5.43 Å². The lowest BCUT2D eigenvalue weighted by atomic mass is 10.1. The second kappa shape index (κ2) is 8.42. The molecule has 0 saturated heterocycles. The summed E-state index contributed by atoms with van der Waals surface area (Å²) in [5, 5.41) is 3.88. The number of nitrogens with one attached hydrogen (secondary N) is 1. The number of hydrazone groups is 1. The van der Waals surface area contributed by atoms with Crippen LogP contribution in [0.3, 0.4) is 0 Å². The van der Waals surface area contributed by atoms with Gasteiger partial charge in [0.2, 0.25) is 5.91 Å². The quantitative estimate of drug-likeness (QED) is 0.657. The number of ether oxygens (including phenoxy) is 1. The minimum absolute atomic E-state index is 0.158. The lowest BCUT2D eigenvalue weighted by Crippen LogP contribution is -2.19. The molecule has 22 heavy (non-hydrogen) atoms. The van der Waals surface area contributed by atoms with Gasteiger partial charge in [-0.25, -0.2) is 5.43 Å². The highest BCUT2D eigenvalue weighted by Crippen LogP contribution is 2.11. The molecule has 0 saturated carbocycles. The van der Waals surface area contributed by atoms with Crippen molar-refractivity contribution in [2.45, 2.75) is 6.42 Å². The number of hydrogen-bond donors (Lipinski definition) is 1. The number of amides is 1. The molecule has 0 atom stereocenters. The fourth-order valence-corrected chi connectivity index (χ4v) is 1.84. The summed E-state index contributed by atoms with van der Waals surface area (Å²) in [7, 11) is 1.61. The van der Waals surface area contributed by atoms with E-state index in [2.05, 4.69) is 10.5 Å². The van der Waals surface area contributed by atoms with Gasteiger partial charge in [0.1, 0.15) is 5.75 Å². The number of rotatable bonds is 6. The lowest BCUT2D eigenvalue weighted by Gasteiger charge is -2.02. The van der Waals surface area contributed by atoms with Crippen LogP contribution in [0.15, 0.2) is 65.8 Å². The third-order valence-electron chi connectivity index (χ3n) is 2.96. The molecule has 2 aromatic rings. The first-order chi connectivity index (χ1) is 10.8. The molecule has 0 aromatic heterocycles. The van der Waals surface area contributed by atoms with Crippen molar-refractivity contribution in [3.63, 3.8) is 0 Å². The van der Waals surface area contributed by atoms with E-state index in [-0.39, 0.29) is 12.3 Å². The Morgan fingerprint density at radius 1 is 1.14 bits per heavy atom. The number of methoxy groups -OCH3 is 1. The molecule has 0 aliphatic heterocycles. The topological polar surface area (TPSA) is 50.7 Å². The van der Waals surface area contributed by atoms with Crippen LogP contribution in [0.2, 0.25) is 0 Å². The van der Waals surface area contributed by atoms with Crippen LogP contribution in [0.1, 0.15) is 11.1 Å². The van der Waals surface area contributed by atoms with E-state index >= 15 is 0 Å². The van der Waals surface area contributed by atoms with Crippen LogP contribution in [0, 0.1) is 0 Å². The summed E-state index contributed by atoms with van der Waals surface area (Å²) in [6.45, 7) is 0. The van der Waals surface area contributed by atoms with Gasteiger partial charge in [0.15, 0.2) is 0 Å². The maximum atomic E-state index is 11.7. The normalized spacial score (nSPS) is 11.0. The molecule has 0 radical (unpaired) electrons. The molecule has 0 spiro atoms. The molecule has 1 N–H and O–H groups in total. The maximum absolute atomic E-state index is 11.7. The molecular formula is C18H18N2O2. The van der Waals surface area contributed by atoms with E-state index in [9.17, 15) is 4.79 Å². The van der Waals surface area contributed by atoms with Gasteiger partial charge in [-0.3, -0.25) is 4.79 Å². The highest BCUT2D eigenvalue weighted by atomic mass is 16.5. The maximum Gasteiger partial charge on any atom is 0.244 e. The third kappa shape index (κ3) is 5.25. The summed E-state index contributed by atoms with van der Waals surface area (Å²) in [6.07, 6.45) is 5.53. The Kier molecular flexibility index (Phi) is 5.93. The Bertz CT molecular complexity index is 647. The first kappa shape index (κ1) is 15.5. The Hall–Kier alpha value is -2.88. The van der Waals surface area contributed by atoms with E-state index in [0.29, 0.717) is 0 Å². The summed E-state index contributed by atoms with van der Waals surface area (Å²) >= 11 is 0.